The van der Waals surface area contributed by atoms with Crippen LogP contribution >= 0.6 is 0 Å². The Balaban J connectivity index is 1.91. The zero-order chi connectivity index (χ0) is 13.5. The van der Waals surface area contributed by atoms with Crippen molar-refractivity contribution in [3.63, 3.8) is 0 Å². The van der Waals surface area contributed by atoms with E-state index in [0.717, 1.165) is 5.56 Å². The molecule has 2 rings (SSSR count). The first-order valence-electron chi connectivity index (χ1n) is 5.76. The van der Waals surface area contributed by atoms with Crippen molar-refractivity contribution in [2.45, 2.75) is 6.61 Å². The highest BCUT2D eigenvalue weighted by molar-refractivity contribution is 5.86. The second-order valence-electron chi connectivity index (χ2n) is 3.75. The lowest BCUT2D eigenvalue weighted by Gasteiger charge is -2.09. The third kappa shape index (κ3) is 3.70. The lowest BCUT2D eigenvalue weighted by atomic mass is 10.2. The Morgan fingerprint density at radius 3 is 2.74 bits per heavy atom. The van der Waals surface area contributed by atoms with Crippen molar-refractivity contribution < 1.29 is 14.3 Å². The number of hydrogen-bond donors (Lipinski definition) is 1. The minimum atomic E-state index is -0.546. The fourth-order valence-electron chi connectivity index (χ4n) is 1.52. The number of nitrogens with zero attached hydrogens (tertiary/aromatic N) is 1. The van der Waals surface area contributed by atoms with Crippen molar-refractivity contribution >= 4 is 11.8 Å². The van der Waals surface area contributed by atoms with Crippen molar-refractivity contribution in [1.29, 1.82) is 0 Å². The van der Waals surface area contributed by atoms with Gasteiger partial charge in [0, 0.05) is 6.20 Å². The van der Waals surface area contributed by atoms with Gasteiger partial charge in [0.1, 0.15) is 12.3 Å². The van der Waals surface area contributed by atoms with Crippen LogP contribution in [0, 0.1) is 0 Å². The first kappa shape index (κ1) is 12.9. The summed E-state index contributed by atoms with van der Waals surface area (Å²) in [6, 6.07) is 12.9. The minimum Gasteiger partial charge on any atom is -0.480 e. The van der Waals surface area contributed by atoms with E-state index in [4.69, 9.17) is 9.47 Å². The van der Waals surface area contributed by atoms with Gasteiger partial charge in [0.15, 0.2) is 0 Å². The molecule has 1 heterocycles. The van der Waals surface area contributed by atoms with Gasteiger partial charge >= 0.3 is 6.09 Å². The number of carbonyl (C=O) groups is 1. The Kier molecular flexibility index (Phi) is 4.34. The van der Waals surface area contributed by atoms with Gasteiger partial charge < -0.3 is 9.47 Å². The molecule has 5 heteroatoms. The summed E-state index contributed by atoms with van der Waals surface area (Å²) in [5.74, 6) is 0.346. The van der Waals surface area contributed by atoms with Gasteiger partial charge in [-0.25, -0.2) is 9.78 Å². The molecule has 1 aromatic carbocycles. The molecule has 98 valence electrons. The number of ether oxygens (including phenoxy) is 2. The number of nitrogens with one attached hydrogen (secondary N) is 1. The number of methoxy groups -OCH3 is 1. The number of carbonyl (C=O) groups excluding carboxylic acids is 1. The Bertz CT molecular complexity index is 543. The molecule has 1 aromatic heterocycles. The van der Waals surface area contributed by atoms with Crippen LogP contribution in [0.2, 0.25) is 0 Å². The van der Waals surface area contributed by atoms with Gasteiger partial charge in [-0.3, -0.25) is 5.32 Å². The first-order valence-corrected chi connectivity index (χ1v) is 5.76. The molecule has 0 saturated heterocycles. The Hall–Kier alpha value is -2.56. The van der Waals surface area contributed by atoms with E-state index in [1.807, 2.05) is 30.3 Å². The average Bonchev–Trinajstić information content (AvgIpc) is 2.47. The van der Waals surface area contributed by atoms with Crippen LogP contribution in [-0.2, 0) is 11.3 Å². The van der Waals surface area contributed by atoms with E-state index >= 15 is 0 Å². The summed E-state index contributed by atoms with van der Waals surface area (Å²) in [4.78, 5) is 15.6. The number of rotatable bonds is 4. The maximum absolute atomic E-state index is 11.6. The van der Waals surface area contributed by atoms with Crippen LogP contribution in [0.3, 0.4) is 0 Å². The number of anilines is 1. The molecule has 0 atom stereocenters. The van der Waals surface area contributed by atoms with Crippen LogP contribution in [0.4, 0.5) is 10.5 Å². The number of benzene rings is 1. The van der Waals surface area contributed by atoms with E-state index in [1.54, 1.807) is 18.3 Å². The number of amides is 1. The quantitative estimate of drug-likeness (QED) is 0.916. The van der Waals surface area contributed by atoms with Crippen LogP contribution in [0.25, 0.3) is 0 Å². The molecule has 0 spiro atoms. The topological polar surface area (TPSA) is 60.5 Å². The second kappa shape index (κ2) is 6.39. The van der Waals surface area contributed by atoms with Crippen LogP contribution in [-0.4, -0.2) is 18.2 Å². The minimum absolute atomic E-state index is 0.218. The van der Waals surface area contributed by atoms with Gasteiger partial charge in [-0.05, 0) is 17.7 Å². The summed E-state index contributed by atoms with van der Waals surface area (Å²) >= 11 is 0. The molecule has 0 bridgehead atoms. The maximum Gasteiger partial charge on any atom is 0.412 e. The second-order valence-corrected chi connectivity index (χ2v) is 3.75. The molecule has 1 N–H and O–H groups in total. The molecule has 0 radical (unpaired) electrons. The molecule has 19 heavy (non-hydrogen) atoms. The molecule has 1 amide bonds. The van der Waals surface area contributed by atoms with Crippen molar-refractivity contribution in [2.75, 3.05) is 12.4 Å². The molecule has 0 aliphatic carbocycles. The third-order valence-electron chi connectivity index (χ3n) is 2.41. The Labute approximate surface area is 111 Å². The Morgan fingerprint density at radius 1 is 1.21 bits per heavy atom. The van der Waals surface area contributed by atoms with E-state index in [2.05, 4.69) is 10.3 Å². The van der Waals surface area contributed by atoms with Gasteiger partial charge in [-0.1, -0.05) is 30.3 Å². The fraction of sp³-hybridized carbons (Fsp3) is 0.143. The monoisotopic (exact) mass is 258 g/mol. The molecular formula is C14H14N2O3. The van der Waals surface area contributed by atoms with Crippen molar-refractivity contribution in [3.8, 4) is 5.88 Å². The number of hydrogen-bond acceptors (Lipinski definition) is 4. The number of aromatic nitrogens is 1. The van der Waals surface area contributed by atoms with Crippen LogP contribution in [0.5, 0.6) is 5.88 Å². The SMILES string of the molecule is COc1ncccc1NC(=O)OCc1ccccc1. The predicted octanol–water partition coefficient (Wildman–Crippen LogP) is 2.84. The summed E-state index contributed by atoms with van der Waals surface area (Å²) in [5, 5.41) is 2.58. The molecule has 0 aliphatic heterocycles. The van der Waals surface area contributed by atoms with Crippen LogP contribution < -0.4 is 10.1 Å². The van der Waals surface area contributed by atoms with Gasteiger partial charge in [-0.2, -0.15) is 0 Å². The average molecular weight is 258 g/mol. The summed E-state index contributed by atoms with van der Waals surface area (Å²) in [5.41, 5.74) is 1.40. The summed E-state index contributed by atoms with van der Waals surface area (Å²) in [6.07, 6.45) is 1.04. The van der Waals surface area contributed by atoms with Gasteiger partial charge in [-0.15, -0.1) is 0 Å². The standard InChI is InChI=1S/C14H14N2O3/c1-18-13-12(8-5-9-15-13)16-14(17)19-10-11-6-3-2-4-7-11/h2-9H,10H2,1H3,(H,16,17). The van der Waals surface area contributed by atoms with E-state index < -0.39 is 6.09 Å². The van der Waals surface area contributed by atoms with E-state index in [-0.39, 0.29) is 6.61 Å². The lowest BCUT2D eigenvalue weighted by molar-refractivity contribution is 0.155. The van der Waals surface area contributed by atoms with E-state index in [0.29, 0.717) is 11.6 Å². The molecule has 0 saturated carbocycles. The Morgan fingerprint density at radius 2 is 2.00 bits per heavy atom. The van der Waals surface area contributed by atoms with Gasteiger partial charge in [0.05, 0.1) is 7.11 Å². The normalized spacial score (nSPS) is 9.74. The third-order valence-corrected chi connectivity index (χ3v) is 2.41. The number of pyridine rings is 1. The highest BCUT2D eigenvalue weighted by atomic mass is 16.5. The summed E-state index contributed by atoms with van der Waals surface area (Å²) < 4.78 is 10.1. The van der Waals surface area contributed by atoms with Crippen LogP contribution in [0.1, 0.15) is 5.56 Å². The molecule has 0 unspecified atom stereocenters. The predicted molar refractivity (Wildman–Crippen MR) is 71.0 cm³/mol. The molecule has 0 aliphatic rings. The first-order chi connectivity index (χ1) is 9.29. The van der Waals surface area contributed by atoms with Crippen molar-refractivity contribution in [2.24, 2.45) is 0 Å². The van der Waals surface area contributed by atoms with Gasteiger partial charge in [0.25, 0.3) is 0 Å². The zero-order valence-corrected chi connectivity index (χ0v) is 10.5. The molecule has 2 aromatic rings. The molecule has 5 nitrogen and oxygen atoms in total. The summed E-state index contributed by atoms with van der Waals surface area (Å²) in [7, 11) is 1.49. The largest absolute Gasteiger partial charge is 0.480 e. The lowest BCUT2D eigenvalue weighted by Crippen LogP contribution is -2.14. The van der Waals surface area contributed by atoms with E-state index in [9.17, 15) is 4.79 Å². The van der Waals surface area contributed by atoms with Crippen molar-refractivity contribution in [1.82, 2.24) is 4.98 Å². The molecular weight excluding hydrogens is 244 g/mol. The summed E-state index contributed by atoms with van der Waals surface area (Å²) in [6.45, 7) is 0.218. The van der Waals surface area contributed by atoms with E-state index in [1.165, 1.54) is 7.11 Å². The van der Waals surface area contributed by atoms with Gasteiger partial charge in [0.2, 0.25) is 5.88 Å². The highest BCUT2D eigenvalue weighted by Crippen LogP contribution is 2.19. The van der Waals surface area contributed by atoms with Crippen molar-refractivity contribution in [3.05, 3.63) is 54.2 Å². The molecule has 0 fully saturated rings. The highest BCUT2D eigenvalue weighted by Gasteiger charge is 2.08. The van der Waals surface area contributed by atoms with Crippen LogP contribution in [0.15, 0.2) is 48.7 Å². The maximum atomic E-state index is 11.6. The zero-order valence-electron chi connectivity index (χ0n) is 10.5. The smallest absolute Gasteiger partial charge is 0.412 e. The fourth-order valence-corrected chi connectivity index (χ4v) is 1.52.